The van der Waals surface area contributed by atoms with E-state index in [0.717, 1.165) is 11.3 Å². The van der Waals surface area contributed by atoms with Crippen LogP contribution in [0.4, 0.5) is 0 Å². The number of carbonyl (C=O) groups is 1. The topological polar surface area (TPSA) is 50.2 Å². The van der Waals surface area contributed by atoms with Gasteiger partial charge in [0.25, 0.3) is 5.91 Å². The van der Waals surface area contributed by atoms with Crippen molar-refractivity contribution in [3.05, 3.63) is 83.4 Å². The van der Waals surface area contributed by atoms with Gasteiger partial charge in [0.2, 0.25) is 0 Å². The molecule has 0 unspecified atom stereocenters. The first kappa shape index (κ1) is 18.2. The number of amides is 1. The second kappa shape index (κ2) is 8.17. The number of halogens is 1. The summed E-state index contributed by atoms with van der Waals surface area (Å²) in [6, 6.07) is 15.1. The Morgan fingerprint density at radius 2 is 1.92 bits per heavy atom. The van der Waals surface area contributed by atoms with Crippen molar-refractivity contribution in [3.63, 3.8) is 0 Å². The molecule has 0 fully saturated rings. The number of carbonyl (C=O) groups excluding carboxylic acids is 1. The highest BCUT2D eigenvalue weighted by Crippen LogP contribution is 2.25. The van der Waals surface area contributed by atoms with Gasteiger partial charge in [-0.15, -0.1) is 0 Å². The van der Waals surface area contributed by atoms with E-state index in [1.54, 1.807) is 12.5 Å². The van der Waals surface area contributed by atoms with Gasteiger partial charge >= 0.3 is 0 Å². The van der Waals surface area contributed by atoms with Crippen LogP contribution < -0.4 is 5.32 Å². The summed E-state index contributed by atoms with van der Waals surface area (Å²) in [7, 11) is 3.94. The number of hydrogen-bond donors (Lipinski definition) is 1. The van der Waals surface area contributed by atoms with Crippen LogP contribution in [0.2, 0.25) is 5.02 Å². The molecule has 5 nitrogen and oxygen atoms in total. The zero-order valence-electron chi connectivity index (χ0n) is 14.8. The molecular formula is C20H21ClN4O. The molecule has 3 rings (SSSR count). The Bertz CT molecular complexity index is 860. The van der Waals surface area contributed by atoms with Crippen LogP contribution in [-0.2, 0) is 0 Å². The van der Waals surface area contributed by atoms with Crippen LogP contribution in [0.15, 0.2) is 67.3 Å². The van der Waals surface area contributed by atoms with Crippen molar-refractivity contribution >= 4 is 17.5 Å². The van der Waals surface area contributed by atoms with E-state index in [-0.39, 0.29) is 11.9 Å². The number of nitrogens with zero attached hydrogens (tertiary/aromatic N) is 3. The highest BCUT2D eigenvalue weighted by molar-refractivity contribution is 6.31. The van der Waals surface area contributed by atoms with E-state index >= 15 is 0 Å². The molecule has 3 aromatic rings. The minimum atomic E-state index is -0.110. The number of rotatable bonds is 6. The molecule has 0 aliphatic carbocycles. The lowest BCUT2D eigenvalue weighted by Crippen LogP contribution is -2.34. The first-order chi connectivity index (χ1) is 12.6. The maximum Gasteiger partial charge on any atom is 0.251 e. The van der Waals surface area contributed by atoms with Crippen molar-refractivity contribution in [2.24, 2.45) is 0 Å². The molecular weight excluding hydrogens is 348 g/mol. The Morgan fingerprint density at radius 1 is 1.19 bits per heavy atom. The summed E-state index contributed by atoms with van der Waals surface area (Å²) in [6.45, 7) is 0.471. The van der Waals surface area contributed by atoms with Crippen LogP contribution in [-0.4, -0.2) is 41.0 Å². The molecule has 0 spiro atoms. The number of imidazole rings is 1. The van der Waals surface area contributed by atoms with Crippen molar-refractivity contribution in [1.82, 2.24) is 19.8 Å². The number of nitrogens with one attached hydrogen (secondary N) is 1. The third-order valence-electron chi connectivity index (χ3n) is 4.28. The van der Waals surface area contributed by atoms with Gasteiger partial charge in [-0.05, 0) is 50.0 Å². The van der Waals surface area contributed by atoms with Crippen LogP contribution in [0.5, 0.6) is 0 Å². The van der Waals surface area contributed by atoms with Gasteiger partial charge in [-0.1, -0.05) is 29.8 Å². The largest absolute Gasteiger partial charge is 0.350 e. The van der Waals surface area contributed by atoms with Crippen molar-refractivity contribution in [3.8, 4) is 5.69 Å². The van der Waals surface area contributed by atoms with E-state index in [4.69, 9.17) is 11.6 Å². The predicted molar refractivity (Wildman–Crippen MR) is 104 cm³/mol. The Balaban J connectivity index is 1.68. The fraction of sp³-hybridized carbons (Fsp3) is 0.200. The summed E-state index contributed by atoms with van der Waals surface area (Å²) < 4.78 is 1.89. The molecule has 1 aromatic heterocycles. The maximum absolute atomic E-state index is 12.5. The lowest BCUT2D eigenvalue weighted by Gasteiger charge is -2.26. The van der Waals surface area contributed by atoms with Crippen molar-refractivity contribution in [2.45, 2.75) is 6.04 Å². The fourth-order valence-electron chi connectivity index (χ4n) is 2.80. The third kappa shape index (κ3) is 4.12. The zero-order valence-corrected chi connectivity index (χ0v) is 15.5. The maximum atomic E-state index is 12.5. The highest BCUT2D eigenvalue weighted by atomic mass is 35.5. The molecule has 1 N–H and O–H groups in total. The molecule has 0 aliphatic rings. The average molecular weight is 369 g/mol. The minimum Gasteiger partial charge on any atom is -0.350 e. The molecule has 0 saturated carbocycles. The average Bonchev–Trinajstić information content (AvgIpc) is 3.18. The van der Waals surface area contributed by atoms with E-state index < -0.39 is 0 Å². The standard InChI is InChI=1S/C20H21ClN4O/c1-24(2)19(17-5-3-4-6-18(17)21)13-23-20(26)15-7-9-16(10-8-15)25-12-11-22-14-25/h3-12,14,19H,13H2,1-2H3,(H,23,26)/t19-/m0/s1. The quantitative estimate of drug-likeness (QED) is 0.723. The molecule has 1 atom stereocenters. The van der Waals surface area contributed by atoms with Gasteiger partial charge in [0, 0.05) is 35.2 Å². The molecule has 0 bridgehead atoms. The Kier molecular flexibility index (Phi) is 5.71. The van der Waals surface area contributed by atoms with E-state index in [0.29, 0.717) is 17.1 Å². The minimum absolute atomic E-state index is 0.00197. The number of likely N-dealkylation sites (N-methyl/N-ethyl adjacent to an activating group) is 1. The summed E-state index contributed by atoms with van der Waals surface area (Å²) >= 11 is 6.31. The predicted octanol–water partition coefficient (Wildman–Crippen LogP) is 3.56. The van der Waals surface area contributed by atoms with Gasteiger partial charge in [0.15, 0.2) is 0 Å². The Labute approximate surface area is 158 Å². The van der Waals surface area contributed by atoms with Gasteiger partial charge in [0.05, 0.1) is 12.4 Å². The van der Waals surface area contributed by atoms with Crippen LogP contribution in [0.1, 0.15) is 22.0 Å². The van der Waals surface area contributed by atoms with Crippen molar-refractivity contribution in [1.29, 1.82) is 0 Å². The van der Waals surface area contributed by atoms with Crippen molar-refractivity contribution < 1.29 is 4.79 Å². The van der Waals surface area contributed by atoms with Gasteiger partial charge in [0.1, 0.15) is 0 Å². The van der Waals surface area contributed by atoms with Gasteiger partial charge < -0.3 is 14.8 Å². The van der Waals surface area contributed by atoms with E-state index in [1.807, 2.05) is 78.3 Å². The summed E-state index contributed by atoms with van der Waals surface area (Å²) in [5.41, 5.74) is 2.57. The molecule has 1 amide bonds. The number of benzene rings is 2. The summed E-state index contributed by atoms with van der Waals surface area (Å²) in [5.74, 6) is -0.110. The molecule has 0 radical (unpaired) electrons. The summed E-state index contributed by atoms with van der Waals surface area (Å²) in [6.07, 6.45) is 5.30. The third-order valence-corrected chi connectivity index (χ3v) is 4.62. The summed E-state index contributed by atoms with van der Waals surface area (Å²) in [5, 5.41) is 3.70. The monoisotopic (exact) mass is 368 g/mol. The number of aromatic nitrogens is 2. The first-order valence-corrected chi connectivity index (χ1v) is 8.71. The molecule has 6 heteroatoms. The molecule has 2 aromatic carbocycles. The second-order valence-electron chi connectivity index (χ2n) is 6.23. The molecule has 26 heavy (non-hydrogen) atoms. The number of hydrogen-bond acceptors (Lipinski definition) is 3. The molecule has 0 aliphatic heterocycles. The summed E-state index contributed by atoms with van der Waals surface area (Å²) in [4.78, 5) is 18.6. The van der Waals surface area contributed by atoms with Crippen LogP contribution in [0.25, 0.3) is 5.69 Å². The van der Waals surface area contributed by atoms with E-state index in [2.05, 4.69) is 10.3 Å². The molecule has 134 valence electrons. The van der Waals surface area contributed by atoms with Crippen molar-refractivity contribution in [2.75, 3.05) is 20.6 Å². The Hall–Kier alpha value is -2.63. The van der Waals surface area contributed by atoms with E-state index in [9.17, 15) is 4.79 Å². The fourth-order valence-corrected chi connectivity index (χ4v) is 3.07. The van der Waals surface area contributed by atoms with Crippen LogP contribution in [0, 0.1) is 0 Å². The second-order valence-corrected chi connectivity index (χ2v) is 6.63. The highest BCUT2D eigenvalue weighted by Gasteiger charge is 2.18. The van der Waals surface area contributed by atoms with E-state index in [1.165, 1.54) is 0 Å². The van der Waals surface area contributed by atoms with Gasteiger partial charge in [-0.25, -0.2) is 4.98 Å². The lowest BCUT2D eigenvalue weighted by atomic mass is 10.1. The smallest absolute Gasteiger partial charge is 0.251 e. The van der Waals surface area contributed by atoms with Gasteiger partial charge in [-0.2, -0.15) is 0 Å². The Morgan fingerprint density at radius 3 is 2.54 bits per heavy atom. The normalized spacial score (nSPS) is 12.2. The van der Waals surface area contributed by atoms with Gasteiger partial charge in [-0.3, -0.25) is 4.79 Å². The first-order valence-electron chi connectivity index (χ1n) is 8.33. The SMILES string of the molecule is CN(C)[C@@H](CNC(=O)c1ccc(-n2ccnc2)cc1)c1ccccc1Cl. The van der Waals surface area contributed by atoms with Crippen LogP contribution >= 0.6 is 11.6 Å². The lowest BCUT2D eigenvalue weighted by molar-refractivity contribution is 0.0942. The zero-order chi connectivity index (χ0) is 18.5. The van der Waals surface area contributed by atoms with Crippen LogP contribution in [0.3, 0.4) is 0 Å². The molecule has 0 saturated heterocycles. The molecule has 1 heterocycles.